The highest BCUT2D eigenvalue weighted by atomic mass is 31.2. The van der Waals surface area contributed by atoms with E-state index in [0.29, 0.717) is 0 Å². The van der Waals surface area contributed by atoms with E-state index in [1.807, 2.05) is 0 Å². The summed E-state index contributed by atoms with van der Waals surface area (Å²) in [6.07, 6.45) is -3.47. The van der Waals surface area contributed by atoms with Crippen molar-refractivity contribution in [2.24, 2.45) is 5.11 Å². The Morgan fingerprint density at radius 3 is 2.80 bits per heavy atom. The minimum absolute atomic E-state index is 0.0188. The average molecular weight is 310 g/mol. The van der Waals surface area contributed by atoms with E-state index in [1.165, 1.54) is 6.92 Å². The predicted octanol–water partition coefficient (Wildman–Crippen LogP) is -0.613. The molecule has 1 rings (SSSR count). The number of hydrogen-bond donors (Lipinski definition) is 4. The van der Waals surface area contributed by atoms with Crippen LogP contribution in [0.25, 0.3) is 10.4 Å². The lowest BCUT2D eigenvalue weighted by Crippen LogP contribution is -2.57. The first-order chi connectivity index (χ1) is 9.23. The molecule has 12 heteroatoms. The Kier molecular flexibility index (Phi) is 5.90. The zero-order valence-corrected chi connectivity index (χ0v) is 11.4. The topological polar surface area (TPSA) is 174 Å². The van der Waals surface area contributed by atoms with Crippen molar-refractivity contribution in [2.75, 3.05) is 6.54 Å². The third kappa shape index (κ3) is 5.43. The summed E-state index contributed by atoms with van der Waals surface area (Å²) in [5.74, 6) is -0.523. The largest absolute Gasteiger partial charge is 0.472 e. The Balaban J connectivity index is 2.84. The highest BCUT2D eigenvalue weighted by Crippen LogP contribution is 2.40. The number of rotatable bonds is 5. The second-order valence-electron chi connectivity index (χ2n) is 4.17. The number of carbonyl (C=O) groups excluding carboxylic acids is 1. The first-order valence-corrected chi connectivity index (χ1v) is 7.11. The summed E-state index contributed by atoms with van der Waals surface area (Å²) in [6, 6.07) is -1.14. The molecular formula is C8H15N4O7P. The first-order valence-electron chi connectivity index (χ1n) is 5.58. The smallest absolute Gasteiger partial charge is 0.391 e. The van der Waals surface area contributed by atoms with Gasteiger partial charge in [-0.1, -0.05) is 5.11 Å². The fourth-order valence-corrected chi connectivity index (χ4v) is 2.25. The van der Waals surface area contributed by atoms with Crippen molar-refractivity contribution in [1.29, 1.82) is 0 Å². The maximum atomic E-state index is 11.0. The van der Waals surface area contributed by atoms with Crippen molar-refractivity contribution in [1.82, 2.24) is 5.32 Å². The summed E-state index contributed by atoms with van der Waals surface area (Å²) in [6.45, 7) is 1.04. The number of carbonyl (C=O) groups is 1. The van der Waals surface area contributed by atoms with Gasteiger partial charge >= 0.3 is 7.82 Å². The lowest BCUT2D eigenvalue weighted by atomic mass is 10.00. The number of nitrogens with zero attached hydrogens (tertiary/aromatic N) is 3. The second kappa shape index (κ2) is 7.00. The monoisotopic (exact) mass is 310 g/mol. The quantitative estimate of drug-likeness (QED) is 0.226. The van der Waals surface area contributed by atoms with Crippen LogP contribution in [0.2, 0.25) is 0 Å². The van der Waals surface area contributed by atoms with Gasteiger partial charge in [-0.2, -0.15) is 0 Å². The average Bonchev–Trinajstić information content (AvgIpc) is 2.28. The number of ether oxygens (including phenoxy) is 1. The molecule has 0 aromatic rings. The molecule has 1 heterocycles. The van der Waals surface area contributed by atoms with E-state index >= 15 is 0 Å². The molecule has 4 atom stereocenters. The molecule has 11 nitrogen and oxygen atoms in total. The van der Waals surface area contributed by atoms with Gasteiger partial charge < -0.3 is 24.9 Å². The van der Waals surface area contributed by atoms with Crippen LogP contribution < -0.4 is 5.32 Å². The number of azide groups is 1. The maximum absolute atomic E-state index is 11.0. The number of nitrogens with one attached hydrogen (secondary N) is 1. The molecule has 0 aliphatic carbocycles. The molecular weight excluding hydrogens is 295 g/mol. The molecule has 0 radical (unpaired) electrons. The Morgan fingerprint density at radius 1 is 1.65 bits per heavy atom. The van der Waals surface area contributed by atoms with Crippen LogP contribution in [-0.4, -0.2) is 51.9 Å². The van der Waals surface area contributed by atoms with Gasteiger partial charge in [0.2, 0.25) is 5.91 Å². The molecule has 1 aliphatic rings. The van der Waals surface area contributed by atoms with E-state index in [4.69, 9.17) is 20.1 Å². The molecule has 114 valence electrons. The zero-order chi connectivity index (χ0) is 15.3. The molecule has 4 N–H and O–H groups in total. The third-order valence-corrected chi connectivity index (χ3v) is 2.98. The summed E-state index contributed by atoms with van der Waals surface area (Å²) < 4.78 is 20.5. The minimum Gasteiger partial charge on any atom is -0.391 e. The molecule has 1 amide bonds. The lowest BCUT2D eigenvalue weighted by Gasteiger charge is -2.39. The number of aliphatic hydroxyl groups excluding tert-OH is 1. The van der Waals surface area contributed by atoms with Crippen LogP contribution in [0, 0.1) is 0 Å². The SMILES string of the molecule is CC(=O)NC1C(O)CC(CN=[N+]=[N-])OC1OP(=O)(O)O. The number of phosphoric acid groups is 1. The number of aliphatic hydroxyl groups is 1. The Morgan fingerprint density at radius 2 is 2.30 bits per heavy atom. The van der Waals surface area contributed by atoms with Crippen LogP contribution in [0.5, 0.6) is 0 Å². The fraction of sp³-hybridized carbons (Fsp3) is 0.875. The van der Waals surface area contributed by atoms with E-state index in [0.717, 1.165) is 0 Å². The van der Waals surface area contributed by atoms with Crippen molar-refractivity contribution in [3.63, 3.8) is 0 Å². The second-order valence-corrected chi connectivity index (χ2v) is 5.36. The first kappa shape index (κ1) is 16.9. The number of amides is 1. The van der Waals surface area contributed by atoms with Crippen LogP contribution in [-0.2, 0) is 18.6 Å². The van der Waals surface area contributed by atoms with Crippen molar-refractivity contribution in [3.8, 4) is 0 Å². The normalized spacial score (nSPS) is 30.4. The van der Waals surface area contributed by atoms with Crippen molar-refractivity contribution in [2.45, 2.75) is 37.9 Å². The molecule has 1 saturated heterocycles. The van der Waals surface area contributed by atoms with Gasteiger partial charge in [0.15, 0.2) is 6.29 Å². The highest BCUT2D eigenvalue weighted by molar-refractivity contribution is 7.46. The van der Waals surface area contributed by atoms with E-state index in [9.17, 15) is 14.5 Å². The third-order valence-electron chi connectivity index (χ3n) is 2.50. The number of phosphoric ester groups is 1. The van der Waals surface area contributed by atoms with Gasteiger partial charge in [-0.15, -0.1) is 0 Å². The summed E-state index contributed by atoms with van der Waals surface area (Å²) >= 11 is 0. The minimum atomic E-state index is -4.88. The van der Waals surface area contributed by atoms with Gasteiger partial charge in [0.05, 0.1) is 18.8 Å². The van der Waals surface area contributed by atoms with E-state index in [1.54, 1.807) is 0 Å². The zero-order valence-electron chi connectivity index (χ0n) is 10.5. The predicted molar refractivity (Wildman–Crippen MR) is 64.0 cm³/mol. The summed E-state index contributed by atoms with van der Waals surface area (Å²) in [5.41, 5.74) is 8.21. The van der Waals surface area contributed by atoms with Gasteiger partial charge in [0.25, 0.3) is 0 Å². The van der Waals surface area contributed by atoms with E-state index in [-0.39, 0.29) is 13.0 Å². The Bertz CT molecular complexity index is 448. The highest BCUT2D eigenvalue weighted by Gasteiger charge is 2.42. The molecule has 4 unspecified atom stereocenters. The van der Waals surface area contributed by atoms with Gasteiger partial charge in [-0.3, -0.25) is 9.32 Å². The van der Waals surface area contributed by atoms with E-state index in [2.05, 4.69) is 19.9 Å². The molecule has 0 bridgehead atoms. The molecule has 1 fully saturated rings. The van der Waals surface area contributed by atoms with Crippen LogP contribution in [0.4, 0.5) is 0 Å². The van der Waals surface area contributed by atoms with Crippen LogP contribution in [0.15, 0.2) is 5.11 Å². The van der Waals surface area contributed by atoms with Crippen LogP contribution >= 0.6 is 7.82 Å². The fourth-order valence-electron chi connectivity index (χ4n) is 1.80. The summed E-state index contributed by atoms with van der Waals surface area (Å²) in [4.78, 5) is 31.2. The van der Waals surface area contributed by atoms with Gasteiger partial charge in [0, 0.05) is 18.3 Å². The van der Waals surface area contributed by atoms with Crippen LogP contribution in [0.3, 0.4) is 0 Å². The summed E-state index contributed by atoms with van der Waals surface area (Å²) in [7, 11) is -4.88. The molecule has 0 aromatic carbocycles. The molecule has 1 aliphatic heterocycles. The van der Waals surface area contributed by atoms with Crippen molar-refractivity contribution >= 4 is 13.7 Å². The van der Waals surface area contributed by atoms with Gasteiger partial charge in [-0.25, -0.2) is 4.57 Å². The Labute approximate surface area is 113 Å². The van der Waals surface area contributed by atoms with Crippen LogP contribution in [0.1, 0.15) is 13.3 Å². The molecule has 0 spiro atoms. The molecule has 20 heavy (non-hydrogen) atoms. The summed E-state index contributed by atoms with van der Waals surface area (Å²) in [5, 5.41) is 15.4. The molecule has 0 aromatic heterocycles. The van der Waals surface area contributed by atoms with Crippen molar-refractivity contribution in [3.05, 3.63) is 10.4 Å². The Hall–Kier alpha value is -1.19. The van der Waals surface area contributed by atoms with Gasteiger partial charge in [0.1, 0.15) is 6.04 Å². The molecule has 0 saturated carbocycles. The standard InChI is InChI=1S/C8H15N4O7P/c1-4(13)11-7-6(14)2-5(3-10-12-9)18-8(7)19-20(15,16)17/h5-8,14H,2-3H2,1H3,(H,11,13)(H2,15,16,17). The van der Waals surface area contributed by atoms with Gasteiger partial charge in [-0.05, 0) is 5.53 Å². The van der Waals surface area contributed by atoms with Crippen molar-refractivity contribution < 1.29 is 33.5 Å². The number of hydrogen-bond acceptors (Lipinski definition) is 6. The maximum Gasteiger partial charge on any atom is 0.472 e. The lowest BCUT2D eigenvalue weighted by molar-refractivity contribution is -0.197. The van der Waals surface area contributed by atoms with E-state index < -0.39 is 38.3 Å².